The molecule has 0 bridgehead atoms. The maximum atomic E-state index is 6.48. The SMILES string of the molecule is [Pd+2].[c-]1c(Oc2[c-]c3c(cc2)c2ncccc2n2cc(-c4ccccc4)nc32)ccc2c1-n1c3ncccc3c3cccc(c31)C2. The van der Waals surface area contributed by atoms with Crippen LogP contribution in [0.25, 0.3) is 66.3 Å². The van der Waals surface area contributed by atoms with E-state index in [1.165, 1.54) is 22.0 Å². The van der Waals surface area contributed by atoms with Crippen LogP contribution < -0.4 is 4.74 Å². The van der Waals surface area contributed by atoms with E-state index in [1.807, 2.05) is 54.9 Å². The van der Waals surface area contributed by atoms with E-state index >= 15 is 0 Å². The van der Waals surface area contributed by atoms with Crippen molar-refractivity contribution in [2.75, 3.05) is 0 Å². The third-order valence-corrected chi connectivity index (χ3v) is 8.66. The topological polar surface area (TPSA) is 57.2 Å². The molecule has 45 heavy (non-hydrogen) atoms. The molecular formula is C38H21N5OPd. The van der Waals surface area contributed by atoms with Crippen molar-refractivity contribution in [3.05, 3.63) is 139 Å². The fraction of sp³-hybridized carbons (Fsp3) is 0.0263. The molecule has 0 spiro atoms. The van der Waals surface area contributed by atoms with Gasteiger partial charge in [-0.25, -0.2) is 4.98 Å². The summed E-state index contributed by atoms with van der Waals surface area (Å²) in [7, 11) is 0. The third-order valence-electron chi connectivity index (χ3n) is 8.66. The Kier molecular flexibility index (Phi) is 5.70. The second-order valence-electron chi connectivity index (χ2n) is 11.2. The van der Waals surface area contributed by atoms with E-state index in [2.05, 4.69) is 81.9 Å². The zero-order valence-corrected chi connectivity index (χ0v) is 25.2. The zero-order chi connectivity index (χ0) is 28.8. The van der Waals surface area contributed by atoms with Gasteiger partial charge in [-0.05, 0) is 36.2 Å². The largest absolute Gasteiger partial charge is 2.00 e. The maximum Gasteiger partial charge on any atom is 2.00 e. The average Bonchev–Trinajstić information content (AvgIpc) is 3.68. The molecule has 0 saturated carbocycles. The monoisotopic (exact) mass is 669 g/mol. The molecule has 0 aliphatic carbocycles. The van der Waals surface area contributed by atoms with Crippen LogP contribution in [0.2, 0.25) is 0 Å². The van der Waals surface area contributed by atoms with Crippen LogP contribution in [0.15, 0.2) is 116 Å². The minimum atomic E-state index is 0. The molecule has 1 aliphatic heterocycles. The number of hydrogen-bond donors (Lipinski definition) is 0. The van der Waals surface area contributed by atoms with Gasteiger partial charge in [-0.3, -0.25) is 9.97 Å². The van der Waals surface area contributed by atoms with Crippen molar-refractivity contribution in [2.45, 2.75) is 6.42 Å². The van der Waals surface area contributed by atoms with E-state index in [4.69, 9.17) is 19.7 Å². The van der Waals surface area contributed by atoms with Crippen molar-refractivity contribution in [3.8, 4) is 28.4 Å². The van der Waals surface area contributed by atoms with Crippen molar-refractivity contribution in [1.82, 2.24) is 23.9 Å². The number of hydrogen-bond acceptors (Lipinski definition) is 4. The summed E-state index contributed by atoms with van der Waals surface area (Å²) in [5.74, 6) is 1.21. The van der Waals surface area contributed by atoms with Crippen molar-refractivity contribution in [1.29, 1.82) is 0 Å². The molecule has 10 rings (SSSR count). The molecule has 0 amide bonds. The Labute approximate surface area is 271 Å². The third kappa shape index (κ3) is 3.82. The van der Waals surface area contributed by atoms with Crippen LogP contribution >= 0.6 is 0 Å². The Morgan fingerprint density at radius 2 is 1.49 bits per heavy atom. The van der Waals surface area contributed by atoms with Gasteiger partial charge in [-0.15, -0.1) is 23.8 Å². The first-order valence-corrected chi connectivity index (χ1v) is 14.6. The molecule has 0 saturated heterocycles. The minimum Gasteiger partial charge on any atom is -0.503 e. The second-order valence-corrected chi connectivity index (χ2v) is 11.2. The van der Waals surface area contributed by atoms with Gasteiger partial charge in [-0.1, -0.05) is 77.1 Å². The van der Waals surface area contributed by atoms with E-state index in [0.717, 1.165) is 61.9 Å². The Bertz CT molecular complexity index is 2620. The maximum absolute atomic E-state index is 6.48. The molecule has 1 aliphatic rings. The fourth-order valence-corrected chi connectivity index (χ4v) is 6.74. The number of nitrogens with zero attached hydrogens (tertiary/aromatic N) is 5. The number of fused-ring (bicyclic) bond motifs is 11. The normalized spacial score (nSPS) is 12.2. The van der Waals surface area contributed by atoms with E-state index in [9.17, 15) is 0 Å². The quantitative estimate of drug-likeness (QED) is 0.108. The average molecular weight is 670 g/mol. The molecule has 214 valence electrons. The molecule has 0 radical (unpaired) electrons. The van der Waals surface area contributed by atoms with Crippen LogP contribution in [0.5, 0.6) is 11.5 Å². The van der Waals surface area contributed by atoms with E-state index in [-0.39, 0.29) is 20.4 Å². The Morgan fingerprint density at radius 1 is 0.667 bits per heavy atom. The summed E-state index contributed by atoms with van der Waals surface area (Å²) in [5.41, 5.74) is 10.2. The van der Waals surface area contributed by atoms with Gasteiger partial charge in [0.2, 0.25) is 0 Å². The molecule has 6 nitrogen and oxygen atoms in total. The number of aromatic nitrogens is 5. The van der Waals surface area contributed by atoms with Crippen LogP contribution in [-0.4, -0.2) is 23.9 Å². The molecule has 7 heteroatoms. The first kappa shape index (κ1) is 26.1. The molecule has 4 aromatic carbocycles. The minimum absolute atomic E-state index is 0. The molecule has 0 unspecified atom stereocenters. The van der Waals surface area contributed by atoms with Crippen LogP contribution in [0.1, 0.15) is 11.1 Å². The molecule has 0 fully saturated rings. The summed E-state index contributed by atoms with van der Waals surface area (Å²) in [6, 6.07) is 40.1. The number of ether oxygens (including phenoxy) is 1. The summed E-state index contributed by atoms with van der Waals surface area (Å²) in [6.07, 6.45) is 6.58. The van der Waals surface area contributed by atoms with Gasteiger partial charge >= 0.3 is 20.4 Å². The van der Waals surface area contributed by atoms with Crippen LogP contribution in [0.4, 0.5) is 0 Å². The van der Waals surface area contributed by atoms with Gasteiger partial charge in [0.25, 0.3) is 0 Å². The fourth-order valence-electron chi connectivity index (χ4n) is 6.74. The molecule has 0 atom stereocenters. The van der Waals surface area contributed by atoms with E-state index in [0.29, 0.717) is 11.5 Å². The molecular weight excluding hydrogens is 649 g/mol. The predicted octanol–water partition coefficient (Wildman–Crippen LogP) is 8.49. The summed E-state index contributed by atoms with van der Waals surface area (Å²) >= 11 is 0. The number of rotatable bonds is 3. The Hall–Kier alpha value is -5.35. The standard InChI is InChI=1S/C38H21N5O.Pd/c1-2-7-23(8-3-1)32-22-42-33-12-6-17-39-35(33)28-16-15-26(20-31(28)38(42)41-32)44-27-14-13-24-19-25-9-4-10-29-30-11-5-18-40-37(30)43(36(25)29)34(24)21-27;/h1-18,22H,19H2;/q-2;+2. The van der Waals surface area contributed by atoms with Crippen LogP contribution in [-0.2, 0) is 26.8 Å². The Balaban J connectivity index is 0.00000281. The predicted molar refractivity (Wildman–Crippen MR) is 173 cm³/mol. The second kappa shape index (κ2) is 9.83. The number of benzene rings is 4. The van der Waals surface area contributed by atoms with Crippen molar-refractivity contribution < 1.29 is 25.2 Å². The smallest absolute Gasteiger partial charge is 0.503 e. The van der Waals surface area contributed by atoms with E-state index in [1.54, 1.807) is 0 Å². The van der Waals surface area contributed by atoms with Gasteiger partial charge < -0.3 is 13.7 Å². The van der Waals surface area contributed by atoms with E-state index < -0.39 is 0 Å². The van der Waals surface area contributed by atoms with Gasteiger partial charge in [0.15, 0.2) is 0 Å². The van der Waals surface area contributed by atoms with Crippen LogP contribution in [0, 0.1) is 12.1 Å². The van der Waals surface area contributed by atoms with Crippen molar-refractivity contribution >= 4 is 49.4 Å². The first-order valence-electron chi connectivity index (χ1n) is 14.6. The van der Waals surface area contributed by atoms with Gasteiger partial charge in [0.1, 0.15) is 5.65 Å². The number of imidazole rings is 1. The number of pyridine rings is 3. The van der Waals surface area contributed by atoms with Crippen LogP contribution in [0.3, 0.4) is 0 Å². The Morgan fingerprint density at radius 3 is 2.42 bits per heavy atom. The summed E-state index contributed by atoms with van der Waals surface area (Å²) in [4.78, 5) is 14.6. The van der Waals surface area contributed by atoms with Crippen molar-refractivity contribution in [3.63, 3.8) is 0 Å². The summed E-state index contributed by atoms with van der Waals surface area (Å²) in [5, 5.41) is 4.17. The summed E-state index contributed by atoms with van der Waals surface area (Å²) in [6.45, 7) is 0. The summed E-state index contributed by atoms with van der Waals surface area (Å²) < 4.78 is 10.8. The zero-order valence-electron chi connectivity index (χ0n) is 23.6. The van der Waals surface area contributed by atoms with Gasteiger partial charge in [-0.2, -0.15) is 6.07 Å². The molecule has 0 N–H and O–H groups in total. The number of para-hydroxylation sites is 1. The molecule has 6 heterocycles. The first-order chi connectivity index (χ1) is 21.8. The van der Waals surface area contributed by atoms with Gasteiger partial charge in [0, 0.05) is 46.4 Å². The molecule has 9 aromatic rings. The van der Waals surface area contributed by atoms with Gasteiger partial charge in [0.05, 0.1) is 27.9 Å². The van der Waals surface area contributed by atoms with Crippen molar-refractivity contribution in [2.24, 2.45) is 0 Å². The molecule has 5 aromatic heterocycles.